The van der Waals surface area contributed by atoms with Crippen LogP contribution in [0.3, 0.4) is 0 Å². The lowest BCUT2D eigenvalue weighted by atomic mass is 10.2. The van der Waals surface area contributed by atoms with E-state index in [1.54, 1.807) is 0 Å². The van der Waals surface area contributed by atoms with Gasteiger partial charge in [-0.05, 0) is 31.7 Å². The van der Waals surface area contributed by atoms with E-state index >= 15 is 0 Å². The Labute approximate surface area is 103 Å². The van der Waals surface area contributed by atoms with E-state index in [1.807, 2.05) is 4.68 Å². The molecule has 1 aliphatic carbocycles. The summed E-state index contributed by atoms with van der Waals surface area (Å²) in [5, 5.41) is 17.0. The molecule has 1 aliphatic rings. The van der Waals surface area contributed by atoms with Crippen LogP contribution >= 0.6 is 0 Å². The molecule has 0 saturated heterocycles. The number of hydrogen-bond acceptors (Lipinski definition) is 3. The molecule has 0 bridgehead atoms. The molecule has 1 fully saturated rings. The van der Waals surface area contributed by atoms with E-state index in [2.05, 4.69) is 36.4 Å². The minimum absolute atomic E-state index is 0.114. The first kappa shape index (κ1) is 12.1. The number of rotatable bonds is 6. The summed E-state index contributed by atoms with van der Waals surface area (Å²) in [6.07, 6.45) is 4.33. The first-order valence-electron chi connectivity index (χ1n) is 6.48. The van der Waals surface area contributed by atoms with Crippen LogP contribution in [0.2, 0.25) is 0 Å². The van der Waals surface area contributed by atoms with Gasteiger partial charge >= 0.3 is 0 Å². The summed E-state index contributed by atoms with van der Waals surface area (Å²) >= 11 is 0. The number of nitrogens with zero attached hydrogens (tertiary/aromatic N) is 3. The highest BCUT2D eigenvalue weighted by molar-refractivity contribution is 5.11. The summed E-state index contributed by atoms with van der Waals surface area (Å²) in [7, 11) is 0. The summed E-state index contributed by atoms with van der Waals surface area (Å²) in [5.41, 5.74) is 2.34. The quantitative estimate of drug-likeness (QED) is 0.811. The molecule has 1 unspecified atom stereocenters. The SMILES string of the molecule is CCc1cc(CC)n(CC(C#N)NC2CC2)n1. The van der Waals surface area contributed by atoms with E-state index in [9.17, 15) is 0 Å². The van der Waals surface area contributed by atoms with E-state index < -0.39 is 0 Å². The normalized spacial score (nSPS) is 16.8. The number of aryl methyl sites for hydroxylation is 2. The van der Waals surface area contributed by atoms with Crippen LogP contribution in [0.15, 0.2) is 6.07 Å². The molecule has 17 heavy (non-hydrogen) atoms. The van der Waals surface area contributed by atoms with Gasteiger partial charge in [0.05, 0.1) is 18.3 Å². The molecule has 2 rings (SSSR count). The van der Waals surface area contributed by atoms with Crippen LogP contribution < -0.4 is 5.32 Å². The highest BCUT2D eigenvalue weighted by Gasteiger charge is 2.25. The smallest absolute Gasteiger partial charge is 0.115 e. The van der Waals surface area contributed by atoms with Gasteiger partial charge in [-0.25, -0.2) is 0 Å². The lowest BCUT2D eigenvalue weighted by molar-refractivity contribution is 0.475. The molecule has 4 nitrogen and oxygen atoms in total. The molecular weight excluding hydrogens is 212 g/mol. The maximum absolute atomic E-state index is 9.14. The van der Waals surface area contributed by atoms with Gasteiger partial charge in [-0.3, -0.25) is 10.00 Å². The average molecular weight is 232 g/mol. The zero-order valence-electron chi connectivity index (χ0n) is 10.6. The monoisotopic (exact) mass is 232 g/mol. The van der Waals surface area contributed by atoms with Crippen molar-refractivity contribution in [2.45, 2.75) is 58.2 Å². The number of nitrogens with one attached hydrogen (secondary N) is 1. The second kappa shape index (κ2) is 5.33. The fraction of sp³-hybridized carbons (Fsp3) is 0.692. The summed E-state index contributed by atoms with van der Waals surface area (Å²) < 4.78 is 1.99. The van der Waals surface area contributed by atoms with Gasteiger partial charge in [0.25, 0.3) is 0 Å². The van der Waals surface area contributed by atoms with Gasteiger partial charge in [-0.1, -0.05) is 13.8 Å². The van der Waals surface area contributed by atoms with Crippen molar-refractivity contribution in [2.24, 2.45) is 0 Å². The van der Waals surface area contributed by atoms with Gasteiger partial charge in [0.15, 0.2) is 0 Å². The Kier molecular flexibility index (Phi) is 3.80. The zero-order valence-corrected chi connectivity index (χ0v) is 10.6. The molecule has 0 spiro atoms. The second-order valence-corrected chi connectivity index (χ2v) is 4.64. The molecule has 0 amide bonds. The molecule has 0 aromatic carbocycles. The van der Waals surface area contributed by atoms with Crippen LogP contribution in [-0.4, -0.2) is 21.9 Å². The van der Waals surface area contributed by atoms with Crippen molar-refractivity contribution in [3.05, 3.63) is 17.5 Å². The van der Waals surface area contributed by atoms with E-state index in [1.165, 1.54) is 18.5 Å². The van der Waals surface area contributed by atoms with Crippen molar-refractivity contribution < 1.29 is 0 Å². The van der Waals surface area contributed by atoms with Crippen LogP contribution in [0.4, 0.5) is 0 Å². The predicted molar refractivity (Wildman–Crippen MR) is 66.5 cm³/mol. The van der Waals surface area contributed by atoms with Crippen LogP contribution in [0.25, 0.3) is 0 Å². The fourth-order valence-corrected chi connectivity index (χ4v) is 1.97. The molecule has 0 aliphatic heterocycles. The highest BCUT2D eigenvalue weighted by atomic mass is 15.3. The van der Waals surface area contributed by atoms with Crippen LogP contribution in [-0.2, 0) is 19.4 Å². The minimum atomic E-state index is -0.114. The molecule has 0 radical (unpaired) electrons. The molecule has 1 N–H and O–H groups in total. The van der Waals surface area contributed by atoms with Crippen LogP contribution in [0.5, 0.6) is 0 Å². The topological polar surface area (TPSA) is 53.6 Å². The second-order valence-electron chi connectivity index (χ2n) is 4.64. The van der Waals surface area contributed by atoms with E-state index in [4.69, 9.17) is 5.26 Å². The minimum Gasteiger partial charge on any atom is -0.298 e. The van der Waals surface area contributed by atoms with Crippen molar-refractivity contribution in [1.82, 2.24) is 15.1 Å². The van der Waals surface area contributed by atoms with Crippen LogP contribution in [0, 0.1) is 11.3 Å². The molecule has 4 heteroatoms. The summed E-state index contributed by atoms with van der Waals surface area (Å²) in [5.74, 6) is 0. The maximum Gasteiger partial charge on any atom is 0.115 e. The van der Waals surface area contributed by atoms with E-state index in [0.717, 1.165) is 18.5 Å². The first-order valence-corrected chi connectivity index (χ1v) is 6.48. The molecule has 92 valence electrons. The van der Waals surface area contributed by atoms with Gasteiger partial charge in [-0.15, -0.1) is 0 Å². The molecule has 1 aromatic rings. The number of nitriles is 1. The third kappa shape index (κ3) is 3.07. The molecule has 1 heterocycles. The van der Waals surface area contributed by atoms with Gasteiger partial charge in [-0.2, -0.15) is 10.4 Å². The van der Waals surface area contributed by atoms with Gasteiger partial charge < -0.3 is 0 Å². The standard InChI is InChI=1S/C13H20N4/c1-3-10-7-13(4-2)17(16-10)9-12(8-14)15-11-5-6-11/h7,11-12,15H,3-6,9H2,1-2H3. The average Bonchev–Trinajstić information content (AvgIpc) is 3.07. The predicted octanol–water partition coefficient (Wildman–Crippen LogP) is 1.65. The summed E-state index contributed by atoms with van der Waals surface area (Å²) in [6, 6.07) is 4.92. The molecule has 1 aromatic heterocycles. The lowest BCUT2D eigenvalue weighted by Crippen LogP contribution is -2.34. The van der Waals surface area contributed by atoms with Crippen molar-refractivity contribution in [3.63, 3.8) is 0 Å². The molecule has 1 atom stereocenters. The van der Waals surface area contributed by atoms with Gasteiger partial charge in [0.2, 0.25) is 0 Å². The maximum atomic E-state index is 9.14. The Morgan fingerprint density at radius 3 is 2.82 bits per heavy atom. The summed E-state index contributed by atoms with van der Waals surface area (Å²) in [6.45, 7) is 4.90. The van der Waals surface area contributed by atoms with E-state index in [-0.39, 0.29) is 6.04 Å². The lowest BCUT2D eigenvalue weighted by Gasteiger charge is -2.12. The Balaban J connectivity index is 2.04. The largest absolute Gasteiger partial charge is 0.298 e. The van der Waals surface area contributed by atoms with Gasteiger partial charge in [0, 0.05) is 11.7 Å². The third-order valence-electron chi connectivity index (χ3n) is 3.16. The fourth-order valence-electron chi connectivity index (χ4n) is 1.97. The van der Waals surface area contributed by atoms with Crippen molar-refractivity contribution in [3.8, 4) is 6.07 Å². The number of hydrogen-bond donors (Lipinski definition) is 1. The molecule has 1 saturated carbocycles. The van der Waals surface area contributed by atoms with Crippen molar-refractivity contribution >= 4 is 0 Å². The van der Waals surface area contributed by atoms with Crippen LogP contribution in [0.1, 0.15) is 38.1 Å². The first-order chi connectivity index (χ1) is 8.26. The van der Waals surface area contributed by atoms with Gasteiger partial charge in [0.1, 0.15) is 6.04 Å². The highest BCUT2D eigenvalue weighted by Crippen LogP contribution is 2.19. The van der Waals surface area contributed by atoms with Crippen molar-refractivity contribution in [1.29, 1.82) is 5.26 Å². The Morgan fingerprint density at radius 2 is 2.29 bits per heavy atom. The Hall–Kier alpha value is -1.34. The van der Waals surface area contributed by atoms with Crippen molar-refractivity contribution in [2.75, 3.05) is 0 Å². The Morgan fingerprint density at radius 1 is 1.53 bits per heavy atom. The third-order valence-corrected chi connectivity index (χ3v) is 3.16. The summed E-state index contributed by atoms with van der Waals surface area (Å²) in [4.78, 5) is 0. The molecular formula is C13H20N4. The Bertz CT molecular complexity index is 412. The zero-order chi connectivity index (χ0) is 12.3. The number of aromatic nitrogens is 2. The van der Waals surface area contributed by atoms with E-state index in [0.29, 0.717) is 12.6 Å².